The Morgan fingerprint density at radius 1 is 1.30 bits per heavy atom. The Morgan fingerprint density at radius 3 is 2.55 bits per heavy atom. The third kappa shape index (κ3) is 4.02. The minimum Gasteiger partial charge on any atom is -0.493 e. The van der Waals surface area contributed by atoms with E-state index in [9.17, 15) is 4.79 Å². The van der Waals surface area contributed by atoms with Gasteiger partial charge in [-0.3, -0.25) is 0 Å². The predicted molar refractivity (Wildman–Crippen MR) is 74.4 cm³/mol. The van der Waals surface area contributed by atoms with Gasteiger partial charge in [0, 0.05) is 0 Å². The first-order valence-electron chi connectivity index (χ1n) is 6.17. The molecular formula is C15H17NO4. The summed E-state index contributed by atoms with van der Waals surface area (Å²) in [6, 6.07) is 6.96. The van der Waals surface area contributed by atoms with Crippen molar-refractivity contribution >= 4 is 12.0 Å². The molecule has 0 N–H and O–H groups in total. The summed E-state index contributed by atoms with van der Waals surface area (Å²) in [6.45, 7) is 2.18. The lowest BCUT2D eigenvalue weighted by Gasteiger charge is -2.08. The molecule has 0 bridgehead atoms. The van der Waals surface area contributed by atoms with Crippen molar-refractivity contribution in [3.8, 4) is 17.6 Å². The highest BCUT2D eigenvalue weighted by atomic mass is 16.5. The topological polar surface area (TPSA) is 68.6 Å². The van der Waals surface area contributed by atoms with Crippen molar-refractivity contribution in [2.75, 3.05) is 20.8 Å². The van der Waals surface area contributed by atoms with Gasteiger partial charge in [-0.2, -0.15) is 5.26 Å². The summed E-state index contributed by atoms with van der Waals surface area (Å²) in [5, 5.41) is 9.01. The number of ether oxygens (including phenoxy) is 3. The van der Waals surface area contributed by atoms with E-state index in [1.165, 1.54) is 20.3 Å². The van der Waals surface area contributed by atoms with Crippen molar-refractivity contribution in [2.24, 2.45) is 0 Å². The standard InChI is InChI=1S/C15H17NO4/c1-4-7-20-15(17)12(10-16)8-11-5-6-13(18-2)14(9-11)19-3/h5-6,8-9H,4,7H2,1-3H3. The number of nitrogens with zero attached hydrogens (tertiary/aromatic N) is 1. The molecule has 0 atom stereocenters. The van der Waals surface area contributed by atoms with Crippen molar-refractivity contribution in [3.05, 3.63) is 29.3 Å². The van der Waals surface area contributed by atoms with Gasteiger partial charge in [0.15, 0.2) is 11.5 Å². The lowest BCUT2D eigenvalue weighted by atomic mass is 10.1. The van der Waals surface area contributed by atoms with Gasteiger partial charge in [0.05, 0.1) is 20.8 Å². The monoisotopic (exact) mass is 275 g/mol. The molecule has 1 rings (SSSR count). The molecule has 1 aromatic carbocycles. The first-order valence-corrected chi connectivity index (χ1v) is 6.17. The smallest absolute Gasteiger partial charge is 0.348 e. The predicted octanol–water partition coefficient (Wildman–Crippen LogP) is 2.56. The van der Waals surface area contributed by atoms with Crippen LogP contribution in [0.4, 0.5) is 0 Å². The Kier molecular flexibility index (Phi) is 6.11. The Bertz CT molecular complexity index is 543. The lowest BCUT2D eigenvalue weighted by Crippen LogP contribution is -2.07. The largest absolute Gasteiger partial charge is 0.493 e. The zero-order valence-electron chi connectivity index (χ0n) is 11.8. The number of benzene rings is 1. The number of methoxy groups -OCH3 is 2. The first-order chi connectivity index (χ1) is 9.65. The Labute approximate surface area is 118 Å². The molecule has 0 aliphatic carbocycles. The van der Waals surface area contributed by atoms with Gasteiger partial charge in [0.2, 0.25) is 0 Å². The lowest BCUT2D eigenvalue weighted by molar-refractivity contribution is -0.138. The molecule has 0 saturated carbocycles. The molecule has 0 aliphatic rings. The zero-order valence-corrected chi connectivity index (χ0v) is 11.8. The molecule has 0 radical (unpaired) electrons. The van der Waals surface area contributed by atoms with Crippen molar-refractivity contribution in [2.45, 2.75) is 13.3 Å². The maximum Gasteiger partial charge on any atom is 0.348 e. The molecule has 0 fully saturated rings. The molecule has 20 heavy (non-hydrogen) atoms. The van der Waals surface area contributed by atoms with E-state index in [-0.39, 0.29) is 5.57 Å². The van der Waals surface area contributed by atoms with Gasteiger partial charge < -0.3 is 14.2 Å². The third-order valence-corrected chi connectivity index (χ3v) is 2.50. The van der Waals surface area contributed by atoms with Crippen LogP contribution >= 0.6 is 0 Å². The van der Waals surface area contributed by atoms with Gasteiger partial charge in [-0.15, -0.1) is 0 Å². The molecule has 0 saturated heterocycles. The second-order valence-electron chi connectivity index (χ2n) is 3.92. The van der Waals surface area contributed by atoms with Crippen molar-refractivity contribution in [3.63, 3.8) is 0 Å². The number of hydrogen-bond donors (Lipinski definition) is 0. The van der Waals surface area contributed by atoms with E-state index in [4.69, 9.17) is 19.5 Å². The summed E-state index contributed by atoms with van der Waals surface area (Å²) >= 11 is 0. The molecule has 0 spiro atoms. The number of nitriles is 1. The fraction of sp³-hybridized carbons (Fsp3) is 0.333. The normalized spacial score (nSPS) is 10.6. The number of carbonyl (C=O) groups excluding carboxylic acids is 1. The average Bonchev–Trinajstić information content (AvgIpc) is 2.49. The van der Waals surface area contributed by atoms with Crippen LogP contribution in [-0.4, -0.2) is 26.8 Å². The summed E-state index contributed by atoms with van der Waals surface area (Å²) in [5.41, 5.74) is 0.610. The number of carbonyl (C=O) groups is 1. The van der Waals surface area contributed by atoms with E-state index in [1.807, 2.05) is 13.0 Å². The molecule has 0 aromatic heterocycles. The molecule has 106 valence electrons. The summed E-state index contributed by atoms with van der Waals surface area (Å²) < 4.78 is 15.2. The van der Waals surface area contributed by atoms with Gasteiger partial charge >= 0.3 is 5.97 Å². The average molecular weight is 275 g/mol. The van der Waals surface area contributed by atoms with Crippen LogP contribution < -0.4 is 9.47 Å². The fourth-order valence-electron chi connectivity index (χ4n) is 1.52. The molecule has 0 aliphatic heterocycles. The Morgan fingerprint density at radius 2 is 2.00 bits per heavy atom. The van der Waals surface area contributed by atoms with Gasteiger partial charge in [-0.1, -0.05) is 13.0 Å². The quantitative estimate of drug-likeness (QED) is 0.453. The van der Waals surface area contributed by atoms with Crippen LogP contribution in [0.1, 0.15) is 18.9 Å². The Balaban J connectivity index is 3.01. The highest BCUT2D eigenvalue weighted by molar-refractivity contribution is 5.97. The fourth-order valence-corrected chi connectivity index (χ4v) is 1.52. The molecule has 5 heteroatoms. The highest BCUT2D eigenvalue weighted by Gasteiger charge is 2.11. The van der Waals surface area contributed by atoms with E-state index in [0.717, 1.165) is 0 Å². The first kappa shape index (κ1) is 15.6. The van der Waals surface area contributed by atoms with Crippen LogP contribution in [0.2, 0.25) is 0 Å². The van der Waals surface area contributed by atoms with Crippen LogP contribution in [0.15, 0.2) is 23.8 Å². The number of esters is 1. The summed E-state index contributed by atoms with van der Waals surface area (Å²) in [6.07, 6.45) is 2.17. The molecule has 0 amide bonds. The van der Waals surface area contributed by atoms with Gasteiger partial charge in [0.25, 0.3) is 0 Å². The second kappa shape index (κ2) is 7.85. The van der Waals surface area contributed by atoms with Crippen molar-refractivity contribution < 1.29 is 19.0 Å². The molecule has 0 heterocycles. The van der Waals surface area contributed by atoms with Gasteiger partial charge in [-0.05, 0) is 30.2 Å². The van der Waals surface area contributed by atoms with Crippen LogP contribution in [-0.2, 0) is 9.53 Å². The maximum absolute atomic E-state index is 11.6. The minimum absolute atomic E-state index is 0.0503. The van der Waals surface area contributed by atoms with E-state index >= 15 is 0 Å². The van der Waals surface area contributed by atoms with Crippen LogP contribution in [0, 0.1) is 11.3 Å². The van der Waals surface area contributed by atoms with Crippen molar-refractivity contribution in [1.29, 1.82) is 5.26 Å². The second-order valence-corrected chi connectivity index (χ2v) is 3.92. The van der Waals surface area contributed by atoms with Crippen LogP contribution in [0.3, 0.4) is 0 Å². The van der Waals surface area contributed by atoms with Gasteiger partial charge in [0.1, 0.15) is 11.6 Å². The number of hydrogen-bond acceptors (Lipinski definition) is 5. The third-order valence-electron chi connectivity index (χ3n) is 2.50. The molecule has 1 aromatic rings. The summed E-state index contributed by atoms with van der Waals surface area (Å²) in [7, 11) is 3.06. The van der Waals surface area contributed by atoms with Crippen LogP contribution in [0.25, 0.3) is 6.08 Å². The van der Waals surface area contributed by atoms with E-state index in [0.29, 0.717) is 30.1 Å². The van der Waals surface area contributed by atoms with E-state index in [2.05, 4.69) is 0 Å². The van der Waals surface area contributed by atoms with Crippen molar-refractivity contribution in [1.82, 2.24) is 0 Å². The summed E-state index contributed by atoms with van der Waals surface area (Å²) in [4.78, 5) is 11.6. The highest BCUT2D eigenvalue weighted by Crippen LogP contribution is 2.28. The minimum atomic E-state index is -0.621. The molecule has 0 unspecified atom stereocenters. The molecular weight excluding hydrogens is 258 g/mol. The maximum atomic E-state index is 11.6. The van der Waals surface area contributed by atoms with E-state index in [1.54, 1.807) is 18.2 Å². The van der Waals surface area contributed by atoms with Crippen LogP contribution in [0.5, 0.6) is 11.5 Å². The number of rotatable bonds is 6. The Hall–Kier alpha value is -2.48. The molecule has 5 nitrogen and oxygen atoms in total. The van der Waals surface area contributed by atoms with Gasteiger partial charge in [-0.25, -0.2) is 4.79 Å². The summed E-state index contributed by atoms with van der Waals surface area (Å²) in [5.74, 6) is 0.487. The van der Waals surface area contributed by atoms with E-state index < -0.39 is 5.97 Å². The zero-order chi connectivity index (χ0) is 15.0. The SMILES string of the molecule is CCCOC(=O)C(C#N)=Cc1ccc(OC)c(OC)c1.